The van der Waals surface area contributed by atoms with Gasteiger partial charge in [-0.1, -0.05) is 40.2 Å². The van der Waals surface area contributed by atoms with Gasteiger partial charge < -0.3 is 19.9 Å². The zero-order valence-electron chi connectivity index (χ0n) is 15.0. The van der Waals surface area contributed by atoms with Gasteiger partial charge in [-0.15, -0.1) is 0 Å². The number of carbonyl (C=O) groups is 1. The van der Waals surface area contributed by atoms with Crippen molar-refractivity contribution >= 4 is 33.2 Å². The van der Waals surface area contributed by atoms with E-state index in [0.29, 0.717) is 6.54 Å². The normalized spacial score (nSPS) is 15.5. The molecule has 3 rings (SSSR count). The van der Waals surface area contributed by atoms with E-state index in [1.54, 1.807) is 0 Å². The SMILES string of the molecule is C[NH+](CC(=O)Nc1ccccc1N1CCOCC1)Cc1ccc(Br)cc1. The molecule has 0 aromatic heterocycles. The Balaban J connectivity index is 1.58. The van der Waals surface area contributed by atoms with Crippen molar-refractivity contribution in [2.45, 2.75) is 6.54 Å². The van der Waals surface area contributed by atoms with E-state index in [1.807, 2.05) is 37.4 Å². The van der Waals surface area contributed by atoms with Crippen molar-refractivity contribution < 1.29 is 14.4 Å². The summed E-state index contributed by atoms with van der Waals surface area (Å²) in [4.78, 5) is 15.9. The van der Waals surface area contributed by atoms with Crippen molar-refractivity contribution in [3.8, 4) is 0 Å². The van der Waals surface area contributed by atoms with E-state index >= 15 is 0 Å². The van der Waals surface area contributed by atoms with Gasteiger partial charge in [0.2, 0.25) is 0 Å². The number of para-hydroxylation sites is 2. The average molecular weight is 419 g/mol. The number of morpholine rings is 1. The summed E-state index contributed by atoms with van der Waals surface area (Å²) in [5, 5.41) is 3.08. The minimum absolute atomic E-state index is 0.0281. The number of benzene rings is 2. The topological polar surface area (TPSA) is 46.0 Å². The van der Waals surface area contributed by atoms with Gasteiger partial charge in [-0.2, -0.15) is 0 Å². The molecule has 1 amide bonds. The smallest absolute Gasteiger partial charge is 0.279 e. The molecule has 0 aliphatic carbocycles. The quantitative estimate of drug-likeness (QED) is 0.753. The molecule has 5 nitrogen and oxygen atoms in total. The number of quaternary nitrogens is 1. The van der Waals surface area contributed by atoms with E-state index in [1.165, 1.54) is 5.56 Å². The summed E-state index contributed by atoms with van der Waals surface area (Å²) in [5.74, 6) is 0.0281. The summed E-state index contributed by atoms with van der Waals surface area (Å²) in [6.45, 7) is 4.38. The first-order valence-electron chi connectivity index (χ1n) is 8.89. The van der Waals surface area contributed by atoms with Crippen LogP contribution in [0.25, 0.3) is 0 Å². The number of hydrogen-bond acceptors (Lipinski definition) is 3. The molecule has 1 atom stereocenters. The first kappa shape index (κ1) is 18.9. The van der Waals surface area contributed by atoms with Crippen molar-refractivity contribution in [2.75, 3.05) is 50.1 Å². The van der Waals surface area contributed by atoms with E-state index in [9.17, 15) is 4.79 Å². The Hall–Kier alpha value is -1.89. The van der Waals surface area contributed by atoms with Gasteiger partial charge in [-0.25, -0.2) is 0 Å². The third-order valence-electron chi connectivity index (χ3n) is 4.41. The number of carbonyl (C=O) groups excluding carboxylic acids is 1. The number of nitrogens with zero attached hydrogens (tertiary/aromatic N) is 1. The first-order valence-corrected chi connectivity index (χ1v) is 9.68. The van der Waals surface area contributed by atoms with Crippen LogP contribution >= 0.6 is 15.9 Å². The van der Waals surface area contributed by atoms with Crippen molar-refractivity contribution in [1.82, 2.24) is 0 Å². The fourth-order valence-electron chi connectivity index (χ4n) is 3.14. The van der Waals surface area contributed by atoms with Gasteiger partial charge in [0.15, 0.2) is 6.54 Å². The minimum Gasteiger partial charge on any atom is -0.378 e. The lowest BCUT2D eigenvalue weighted by Crippen LogP contribution is -3.08. The molecule has 0 spiro atoms. The monoisotopic (exact) mass is 418 g/mol. The van der Waals surface area contributed by atoms with Crippen LogP contribution in [0.5, 0.6) is 0 Å². The average Bonchev–Trinajstić information content (AvgIpc) is 2.64. The summed E-state index contributed by atoms with van der Waals surface area (Å²) >= 11 is 3.45. The van der Waals surface area contributed by atoms with Crippen LogP contribution in [-0.2, 0) is 16.1 Å². The number of anilines is 2. The van der Waals surface area contributed by atoms with Gasteiger partial charge in [0.05, 0.1) is 31.6 Å². The molecule has 2 N–H and O–H groups in total. The maximum Gasteiger partial charge on any atom is 0.279 e. The maximum atomic E-state index is 12.5. The molecule has 0 saturated carbocycles. The number of hydrogen-bond donors (Lipinski definition) is 2. The molecule has 0 bridgehead atoms. The summed E-state index contributed by atoms with van der Waals surface area (Å²) in [6.07, 6.45) is 0. The molecule has 2 aromatic rings. The molecule has 0 radical (unpaired) electrons. The number of likely N-dealkylation sites (N-methyl/N-ethyl adjacent to an activating group) is 1. The van der Waals surface area contributed by atoms with E-state index in [-0.39, 0.29) is 5.91 Å². The lowest BCUT2D eigenvalue weighted by molar-refractivity contribution is -0.885. The third-order valence-corrected chi connectivity index (χ3v) is 4.94. The Morgan fingerprint density at radius 1 is 1.15 bits per heavy atom. The van der Waals surface area contributed by atoms with Gasteiger partial charge in [-0.05, 0) is 24.3 Å². The largest absolute Gasteiger partial charge is 0.378 e. The molecule has 2 aromatic carbocycles. The second-order valence-corrected chi connectivity index (χ2v) is 7.52. The number of nitrogens with one attached hydrogen (secondary N) is 2. The summed E-state index contributed by atoms with van der Waals surface area (Å²) in [7, 11) is 2.04. The van der Waals surface area contributed by atoms with Gasteiger partial charge in [0.25, 0.3) is 5.91 Å². The Kier molecular flexibility index (Phi) is 6.66. The van der Waals surface area contributed by atoms with Crippen molar-refractivity contribution in [2.24, 2.45) is 0 Å². The molecule has 1 unspecified atom stereocenters. The number of ether oxygens (including phenoxy) is 1. The minimum atomic E-state index is 0.0281. The molecular weight excluding hydrogens is 394 g/mol. The highest BCUT2D eigenvalue weighted by molar-refractivity contribution is 9.10. The fourth-order valence-corrected chi connectivity index (χ4v) is 3.41. The highest BCUT2D eigenvalue weighted by atomic mass is 79.9. The van der Waals surface area contributed by atoms with Crippen LogP contribution < -0.4 is 15.1 Å². The highest BCUT2D eigenvalue weighted by Gasteiger charge is 2.17. The van der Waals surface area contributed by atoms with Crippen LogP contribution in [0, 0.1) is 0 Å². The lowest BCUT2D eigenvalue weighted by atomic mass is 10.2. The van der Waals surface area contributed by atoms with Crippen LogP contribution in [0.1, 0.15) is 5.56 Å². The molecule has 1 saturated heterocycles. The second-order valence-electron chi connectivity index (χ2n) is 6.60. The first-order chi connectivity index (χ1) is 12.6. The maximum absolute atomic E-state index is 12.5. The predicted molar refractivity (Wildman–Crippen MR) is 108 cm³/mol. The van der Waals surface area contributed by atoms with Crippen LogP contribution in [-0.4, -0.2) is 45.8 Å². The van der Waals surface area contributed by atoms with Gasteiger partial charge in [0.1, 0.15) is 6.54 Å². The Labute approximate surface area is 163 Å². The van der Waals surface area contributed by atoms with Gasteiger partial charge in [0, 0.05) is 23.1 Å². The molecule has 1 heterocycles. The molecule has 138 valence electrons. The lowest BCUT2D eigenvalue weighted by Gasteiger charge is -2.30. The highest BCUT2D eigenvalue weighted by Crippen LogP contribution is 2.26. The van der Waals surface area contributed by atoms with Crippen molar-refractivity contribution in [3.63, 3.8) is 0 Å². The number of rotatable bonds is 6. The van der Waals surface area contributed by atoms with Crippen LogP contribution in [0.2, 0.25) is 0 Å². The summed E-state index contributed by atoms with van der Waals surface area (Å²) < 4.78 is 6.49. The predicted octanol–water partition coefficient (Wildman–Crippen LogP) is 1.94. The Bertz CT molecular complexity index is 730. The molecule has 1 aliphatic heterocycles. The fraction of sp³-hybridized carbons (Fsp3) is 0.350. The molecular formula is C20H25BrN3O2+. The Morgan fingerprint density at radius 2 is 1.85 bits per heavy atom. The zero-order valence-corrected chi connectivity index (χ0v) is 16.6. The van der Waals surface area contributed by atoms with Gasteiger partial charge >= 0.3 is 0 Å². The van der Waals surface area contributed by atoms with E-state index in [0.717, 1.165) is 53.6 Å². The van der Waals surface area contributed by atoms with Crippen LogP contribution in [0.15, 0.2) is 53.0 Å². The standard InChI is InChI=1S/C20H24BrN3O2/c1-23(14-16-6-8-17(21)9-7-16)15-20(25)22-18-4-2-3-5-19(18)24-10-12-26-13-11-24/h2-9H,10-15H2,1H3,(H,22,25)/p+1. The second kappa shape index (κ2) is 9.16. The van der Waals surface area contributed by atoms with E-state index < -0.39 is 0 Å². The molecule has 1 fully saturated rings. The summed E-state index contributed by atoms with van der Waals surface area (Å²) in [6, 6.07) is 16.2. The summed E-state index contributed by atoms with van der Waals surface area (Å²) in [5.41, 5.74) is 3.15. The molecule has 1 aliphatic rings. The molecule has 6 heteroatoms. The van der Waals surface area contributed by atoms with E-state index in [2.05, 4.69) is 44.3 Å². The Morgan fingerprint density at radius 3 is 2.58 bits per heavy atom. The van der Waals surface area contributed by atoms with Gasteiger partial charge in [-0.3, -0.25) is 4.79 Å². The van der Waals surface area contributed by atoms with E-state index in [4.69, 9.17) is 4.74 Å². The zero-order chi connectivity index (χ0) is 18.4. The van der Waals surface area contributed by atoms with Crippen LogP contribution in [0.3, 0.4) is 0 Å². The molecule has 26 heavy (non-hydrogen) atoms. The number of amides is 1. The number of halogens is 1. The van der Waals surface area contributed by atoms with Crippen molar-refractivity contribution in [3.05, 3.63) is 58.6 Å². The van der Waals surface area contributed by atoms with Crippen LogP contribution in [0.4, 0.5) is 11.4 Å². The van der Waals surface area contributed by atoms with Crippen molar-refractivity contribution in [1.29, 1.82) is 0 Å². The third kappa shape index (κ3) is 5.30.